The van der Waals surface area contributed by atoms with Crippen molar-refractivity contribution in [2.24, 2.45) is 0 Å². The van der Waals surface area contributed by atoms with E-state index in [0.29, 0.717) is 11.0 Å². The molecule has 4 nitrogen and oxygen atoms in total. The van der Waals surface area contributed by atoms with E-state index in [0.717, 1.165) is 23.0 Å². The van der Waals surface area contributed by atoms with Gasteiger partial charge < -0.3 is 5.32 Å². The van der Waals surface area contributed by atoms with Crippen LogP contribution in [0.1, 0.15) is 17.3 Å². The molecule has 2 aromatic carbocycles. The van der Waals surface area contributed by atoms with Crippen LogP contribution in [0.15, 0.2) is 47.6 Å². The Hall–Kier alpha value is -2.54. The number of Topliss-reactive ketones (excluding diaryl/α,β-unsaturated/α-hetero) is 1. The second kappa shape index (κ2) is 7.14. The van der Waals surface area contributed by atoms with Crippen LogP contribution in [0.25, 0.3) is 10.9 Å². The lowest BCUT2D eigenvalue weighted by molar-refractivity contribution is 0.0993. The third-order valence-electron chi connectivity index (χ3n) is 3.68. The summed E-state index contributed by atoms with van der Waals surface area (Å²) in [6.45, 7) is 1.69. The number of hydrogen-bond donors (Lipinski definition) is 1. The van der Waals surface area contributed by atoms with Gasteiger partial charge in [-0.05, 0) is 37.3 Å². The quantitative estimate of drug-likeness (QED) is 0.418. The molecule has 0 saturated carbocycles. The van der Waals surface area contributed by atoms with Crippen LogP contribution in [0, 0.1) is 11.6 Å². The Morgan fingerprint density at radius 1 is 1.12 bits per heavy atom. The maximum absolute atomic E-state index is 13.3. The summed E-state index contributed by atoms with van der Waals surface area (Å²) in [4.78, 5) is 21.3. The second-order valence-corrected chi connectivity index (χ2v) is 6.68. The summed E-state index contributed by atoms with van der Waals surface area (Å²) in [5.74, 6) is -1.66. The first kappa shape index (κ1) is 17.3. The summed E-state index contributed by atoms with van der Waals surface area (Å²) >= 11 is 1.17. The maximum atomic E-state index is 13.3. The highest BCUT2D eigenvalue weighted by atomic mass is 32.2. The number of carbonyl (C=O) groups excluding carboxylic acids is 1. The van der Waals surface area contributed by atoms with Gasteiger partial charge in [-0.15, -0.1) is 0 Å². The van der Waals surface area contributed by atoms with Gasteiger partial charge in [-0.2, -0.15) is 0 Å². The van der Waals surface area contributed by atoms with E-state index in [2.05, 4.69) is 15.3 Å². The fourth-order valence-corrected chi connectivity index (χ4v) is 3.25. The molecule has 0 bridgehead atoms. The minimum Gasteiger partial charge on any atom is -0.372 e. The molecule has 7 heteroatoms. The van der Waals surface area contributed by atoms with Gasteiger partial charge in [0.15, 0.2) is 22.6 Å². The topological polar surface area (TPSA) is 54.9 Å². The zero-order chi connectivity index (χ0) is 18.0. The number of nitrogens with one attached hydrogen (secondary N) is 1. The molecule has 1 aromatic heterocycles. The second-order valence-electron chi connectivity index (χ2n) is 5.38. The van der Waals surface area contributed by atoms with E-state index in [1.807, 2.05) is 24.3 Å². The average molecular weight is 359 g/mol. The van der Waals surface area contributed by atoms with Crippen molar-refractivity contribution in [1.82, 2.24) is 9.97 Å². The van der Waals surface area contributed by atoms with Crippen molar-refractivity contribution in [3.8, 4) is 0 Å². The molecule has 0 saturated heterocycles. The SMILES string of the molecule is CNc1nc(S[C@H](C)C(=O)c2ccc(F)c(F)c2)nc2ccccc12. The highest BCUT2D eigenvalue weighted by Gasteiger charge is 2.20. The lowest BCUT2D eigenvalue weighted by atomic mass is 10.1. The third-order valence-corrected chi connectivity index (χ3v) is 4.64. The van der Waals surface area contributed by atoms with E-state index in [-0.39, 0.29) is 11.3 Å². The Morgan fingerprint density at radius 3 is 2.60 bits per heavy atom. The van der Waals surface area contributed by atoms with Gasteiger partial charge in [0, 0.05) is 18.0 Å². The van der Waals surface area contributed by atoms with E-state index >= 15 is 0 Å². The normalized spacial score (nSPS) is 12.2. The Labute approximate surface area is 147 Å². The zero-order valence-electron chi connectivity index (χ0n) is 13.6. The van der Waals surface area contributed by atoms with Crippen molar-refractivity contribution in [3.63, 3.8) is 0 Å². The van der Waals surface area contributed by atoms with Gasteiger partial charge >= 0.3 is 0 Å². The summed E-state index contributed by atoms with van der Waals surface area (Å²) in [6, 6.07) is 10.7. The van der Waals surface area contributed by atoms with E-state index in [1.54, 1.807) is 14.0 Å². The first-order valence-corrected chi connectivity index (χ1v) is 8.48. The molecule has 1 heterocycles. The standard InChI is InChI=1S/C18H15F2N3OS/c1-10(16(24)11-7-8-13(19)14(20)9-11)25-18-22-15-6-4-3-5-12(15)17(21-2)23-18/h3-10H,1-2H3,(H,21,22,23)/t10-/m1/s1. The highest BCUT2D eigenvalue weighted by molar-refractivity contribution is 8.00. The molecule has 1 N–H and O–H groups in total. The van der Waals surface area contributed by atoms with E-state index in [9.17, 15) is 13.6 Å². The van der Waals surface area contributed by atoms with E-state index in [4.69, 9.17) is 0 Å². The number of halogens is 2. The number of para-hydroxylation sites is 1. The van der Waals surface area contributed by atoms with Crippen molar-refractivity contribution < 1.29 is 13.6 Å². The number of aromatic nitrogens is 2. The van der Waals surface area contributed by atoms with Crippen LogP contribution in [-0.4, -0.2) is 28.0 Å². The molecule has 0 spiro atoms. The monoisotopic (exact) mass is 359 g/mol. The summed E-state index contributed by atoms with van der Waals surface area (Å²) < 4.78 is 26.4. The number of fused-ring (bicyclic) bond motifs is 1. The molecule has 0 aliphatic rings. The maximum Gasteiger partial charge on any atom is 0.190 e. The van der Waals surface area contributed by atoms with Gasteiger partial charge in [0.05, 0.1) is 10.8 Å². The Bertz CT molecular complexity index is 949. The highest BCUT2D eigenvalue weighted by Crippen LogP contribution is 2.28. The largest absolute Gasteiger partial charge is 0.372 e. The van der Waals surface area contributed by atoms with Crippen LogP contribution in [0.2, 0.25) is 0 Å². The smallest absolute Gasteiger partial charge is 0.190 e. The molecule has 128 valence electrons. The van der Waals surface area contributed by atoms with Crippen molar-refractivity contribution in [1.29, 1.82) is 0 Å². The average Bonchev–Trinajstić information content (AvgIpc) is 2.62. The lowest BCUT2D eigenvalue weighted by Crippen LogP contribution is -2.14. The Kier molecular flexibility index (Phi) is 4.94. The van der Waals surface area contributed by atoms with Crippen molar-refractivity contribution >= 4 is 34.3 Å². The first-order chi connectivity index (χ1) is 12.0. The molecule has 25 heavy (non-hydrogen) atoms. The molecule has 0 radical (unpaired) electrons. The molecule has 0 aliphatic heterocycles. The third kappa shape index (κ3) is 3.61. The van der Waals surface area contributed by atoms with Gasteiger partial charge in [-0.3, -0.25) is 4.79 Å². The van der Waals surface area contributed by atoms with Gasteiger partial charge in [-0.25, -0.2) is 18.7 Å². The Morgan fingerprint density at radius 2 is 1.88 bits per heavy atom. The first-order valence-electron chi connectivity index (χ1n) is 7.60. The van der Waals surface area contributed by atoms with Gasteiger partial charge in [0.1, 0.15) is 5.82 Å². The van der Waals surface area contributed by atoms with Crippen LogP contribution < -0.4 is 5.32 Å². The molecular formula is C18H15F2N3OS. The molecule has 1 atom stereocenters. The zero-order valence-corrected chi connectivity index (χ0v) is 14.4. The fourth-order valence-electron chi connectivity index (χ4n) is 2.39. The van der Waals surface area contributed by atoms with E-state index < -0.39 is 16.9 Å². The predicted molar refractivity (Wildman–Crippen MR) is 95.1 cm³/mol. The molecule has 3 aromatic rings. The van der Waals surface area contributed by atoms with Gasteiger partial charge in [-0.1, -0.05) is 23.9 Å². The number of benzene rings is 2. The number of anilines is 1. The lowest BCUT2D eigenvalue weighted by Gasteiger charge is -2.12. The van der Waals surface area contributed by atoms with Crippen molar-refractivity contribution in [2.45, 2.75) is 17.3 Å². The van der Waals surface area contributed by atoms with Crippen molar-refractivity contribution in [3.05, 3.63) is 59.7 Å². The van der Waals surface area contributed by atoms with Crippen LogP contribution in [-0.2, 0) is 0 Å². The fraction of sp³-hybridized carbons (Fsp3) is 0.167. The summed E-state index contributed by atoms with van der Waals surface area (Å²) in [6.07, 6.45) is 0. The van der Waals surface area contributed by atoms with E-state index in [1.165, 1.54) is 17.8 Å². The van der Waals surface area contributed by atoms with Crippen LogP contribution in [0.3, 0.4) is 0 Å². The molecule has 3 rings (SSSR count). The number of ketones is 1. The Balaban J connectivity index is 1.87. The van der Waals surface area contributed by atoms with Crippen LogP contribution in [0.4, 0.5) is 14.6 Å². The summed E-state index contributed by atoms with van der Waals surface area (Å²) in [5.41, 5.74) is 0.880. The molecule has 0 aliphatic carbocycles. The van der Waals surface area contributed by atoms with Gasteiger partial charge in [0.25, 0.3) is 0 Å². The van der Waals surface area contributed by atoms with Gasteiger partial charge in [0.2, 0.25) is 0 Å². The summed E-state index contributed by atoms with van der Waals surface area (Å²) in [5, 5.41) is 3.79. The number of thioether (sulfide) groups is 1. The van der Waals surface area contributed by atoms with Crippen LogP contribution >= 0.6 is 11.8 Å². The minimum absolute atomic E-state index is 0.119. The predicted octanol–water partition coefficient (Wildman–Crippen LogP) is 4.31. The number of hydrogen-bond acceptors (Lipinski definition) is 5. The summed E-state index contributed by atoms with van der Waals surface area (Å²) in [7, 11) is 1.76. The molecule has 0 fully saturated rings. The molecule has 0 unspecified atom stereocenters. The minimum atomic E-state index is -1.04. The molecular weight excluding hydrogens is 344 g/mol. The number of carbonyl (C=O) groups is 1. The number of nitrogens with zero attached hydrogens (tertiary/aromatic N) is 2. The van der Waals surface area contributed by atoms with Crippen molar-refractivity contribution in [2.75, 3.05) is 12.4 Å². The molecule has 0 amide bonds. The number of rotatable bonds is 5. The van der Waals surface area contributed by atoms with Crippen LogP contribution in [0.5, 0.6) is 0 Å².